The molecule has 2 atom stereocenters. The van der Waals surface area contributed by atoms with Crippen LogP contribution in [0.1, 0.15) is 57.2 Å². The Bertz CT molecular complexity index is 579. The van der Waals surface area contributed by atoms with E-state index in [9.17, 15) is 0 Å². The molecule has 2 aromatic rings. The Labute approximate surface area is 132 Å². The number of imidazole rings is 1. The lowest BCUT2D eigenvalue weighted by molar-refractivity contribution is 0.181. The van der Waals surface area contributed by atoms with E-state index in [4.69, 9.17) is 4.74 Å². The molecule has 1 fully saturated rings. The zero-order valence-corrected chi connectivity index (χ0v) is 13.5. The van der Waals surface area contributed by atoms with Gasteiger partial charge in [-0.25, -0.2) is 4.98 Å². The first-order valence-corrected chi connectivity index (χ1v) is 8.30. The van der Waals surface area contributed by atoms with Crippen LogP contribution < -0.4 is 4.74 Å². The average Bonchev–Trinajstić information content (AvgIpc) is 3.04. The number of rotatable bonds is 5. The van der Waals surface area contributed by atoms with Crippen LogP contribution in [0.5, 0.6) is 5.75 Å². The third-order valence-electron chi connectivity index (χ3n) is 4.64. The van der Waals surface area contributed by atoms with Gasteiger partial charge in [-0.3, -0.25) is 4.98 Å². The predicted octanol–water partition coefficient (Wildman–Crippen LogP) is 4.21. The smallest absolute Gasteiger partial charge is 0.137 e. The minimum Gasteiger partial charge on any atom is -0.492 e. The predicted molar refractivity (Wildman–Crippen MR) is 87.0 cm³/mol. The highest BCUT2D eigenvalue weighted by molar-refractivity contribution is 5.16. The van der Waals surface area contributed by atoms with Gasteiger partial charge in [0.1, 0.15) is 5.75 Å². The summed E-state index contributed by atoms with van der Waals surface area (Å²) in [5.74, 6) is 1.97. The van der Waals surface area contributed by atoms with Crippen LogP contribution >= 0.6 is 0 Å². The second kappa shape index (κ2) is 6.95. The molecular weight excluding hydrogens is 274 g/mol. The molecule has 2 unspecified atom stereocenters. The van der Waals surface area contributed by atoms with Crippen LogP contribution in [0, 0.1) is 5.92 Å². The molecule has 0 radical (unpaired) electrons. The molecule has 22 heavy (non-hydrogen) atoms. The first-order chi connectivity index (χ1) is 10.8. The molecule has 0 bridgehead atoms. The summed E-state index contributed by atoms with van der Waals surface area (Å²) in [6, 6.07) is 4.35. The molecule has 4 heteroatoms. The van der Waals surface area contributed by atoms with Gasteiger partial charge in [-0.2, -0.15) is 0 Å². The number of pyridine rings is 1. The third-order valence-corrected chi connectivity index (χ3v) is 4.64. The van der Waals surface area contributed by atoms with Crippen molar-refractivity contribution in [2.45, 2.75) is 51.5 Å². The van der Waals surface area contributed by atoms with Crippen molar-refractivity contribution in [1.29, 1.82) is 0 Å². The Balaban J connectivity index is 1.72. The molecule has 2 aromatic heterocycles. The van der Waals surface area contributed by atoms with E-state index < -0.39 is 0 Å². The minimum atomic E-state index is 0.458. The fraction of sp³-hybridized carbons (Fsp3) is 0.556. The molecule has 0 aromatic carbocycles. The molecule has 0 saturated heterocycles. The van der Waals surface area contributed by atoms with Crippen LogP contribution in [0.15, 0.2) is 37.1 Å². The van der Waals surface area contributed by atoms with Crippen molar-refractivity contribution < 1.29 is 4.74 Å². The zero-order valence-electron chi connectivity index (χ0n) is 13.5. The van der Waals surface area contributed by atoms with E-state index >= 15 is 0 Å². The largest absolute Gasteiger partial charge is 0.492 e. The van der Waals surface area contributed by atoms with Gasteiger partial charge in [0.05, 0.1) is 19.1 Å². The van der Waals surface area contributed by atoms with E-state index in [-0.39, 0.29) is 0 Å². The molecule has 3 rings (SSSR count). The minimum absolute atomic E-state index is 0.458. The fourth-order valence-corrected chi connectivity index (χ4v) is 3.47. The Kier molecular flexibility index (Phi) is 4.76. The monoisotopic (exact) mass is 299 g/mol. The highest BCUT2D eigenvalue weighted by Crippen LogP contribution is 2.38. The maximum Gasteiger partial charge on any atom is 0.137 e. The maximum atomic E-state index is 5.98. The van der Waals surface area contributed by atoms with Gasteiger partial charge in [0.15, 0.2) is 0 Å². The summed E-state index contributed by atoms with van der Waals surface area (Å²) < 4.78 is 8.29. The lowest BCUT2D eigenvalue weighted by atomic mass is 9.78. The molecule has 1 aliphatic rings. The fourth-order valence-electron chi connectivity index (χ4n) is 3.47. The second-order valence-corrected chi connectivity index (χ2v) is 6.47. The molecule has 4 nitrogen and oxygen atoms in total. The van der Waals surface area contributed by atoms with Crippen LogP contribution in [-0.2, 0) is 0 Å². The van der Waals surface area contributed by atoms with Crippen LogP contribution in [-0.4, -0.2) is 21.1 Å². The van der Waals surface area contributed by atoms with Gasteiger partial charge in [-0.05, 0) is 38.8 Å². The molecule has 0 aliphatic heterocycles. The van der Waals surface area contributed by atoms with Crippen molar-refractivity contribution >= 4 is 0 Å². The lowest BCUT2D eigenvalue weighted by Gasteiger charge is -2.32. The van der Waals surface area contributed by atoms with Crippen LogP contribution in [0.3, 0.4) is 0 Å². The highest BCUT2D eigenvalue weighted by atomic mass is 16.5. The van der Waals surface area contributed by atoms with E-state index in [1.165, 1.54) is 31.4 Å². The van der Waals surface area contributed by atoms with Crippen LogP contribution in [0.4, 0.5) is 0 Å². The number of aromatic nitrogens is 3. The topological polar surface area (TPSA) is 39.9 Å². The SMILES string of the molecule is CC(C)n1cncc1C1CCCCC1COc1cccnc1. The molecule has 0 N–H and O–H groups in total. The van der Waals surface area contributed by atoms with Gasteiger partial charge in [0, 0.05) is 36.0 Å². The standard InChI is InChI=1S/C18H25N3O/c1-14(2)21-13-20-11-18(21)17-8-4-3-6-15(17)12-22-16-7-5-9-19-10-16/h5,7,9-11,13-15,17H,3-4,6,8,12H2,1-2H3. The summed E-state index contributed by atoms with van der Waals surface area (Å²) in [4.78, 5) is 8.50. The highest BCUT2D eigenvalue weighted by Gasteiger charge is 2.29. The van der Waals surface area contributed by atoms with Crippen LogP contribution in [0.25, 0.3) is 0 Å². The first-order valence-electron chi connectivity index (χ1n) is 8.30. The van der Waals surface area contributed by atoms with Crippen molar-refractivity contribution in [3.8, 4) is 5.75 Å². The number of ether oxygens (including phenoxy) is 1. The summed E-state index contributed by atoms with van der Waals surface area (Å²) in [5, 5.41) is 0. The van der Waals surface area contributed by atoms with E-state index in [2.05, 4.69) is 28.4 Å². The molecule has 0 spiro atoms. The van der Waals surface area contributed by atoms with Gasteiger partial charge in [-0.1, -0.05) is 12.8 Å². The van der Waals surface area contributed by atoms with E-state index in [1.807, 2.05) is 24.7 Å². The normalized spacial score (nSPS) is 22.0. The lowest BCUT2D eigenvalue weighted by Crippen LogP contribution is -2.26. The van der Waals surface area contributed by atoms with Gasteiger partial charge >= 0.3 is 0 Å². The first kappa shape index (κ1) is 15.1. The molecule has 1 saturated carbocycles. The summed E-state index contributed by atoms with van der Waals surface area (Å²) in [7, 11) is 0. The molecular formula is C18H25N3O. The van der Waals surface area contributed by atoms with E-state index in [0.29, 0.717) is 17.9 Å². The number of hydrogen-bond acceptors (Lipinski definition) is 3. The Morgan fingerprint density at radius 2 is 2.09 bits per heavy atom. The van der Waals surface area contributed by atoms with Gasteiger partial charge in [-0.15, -0.1) is 0 Å². The van der Waals surface area contributed by atoms with Crippen molar-refractivity contribution in [3.63, 3.8) is 0 Å². The number of nitrogens with zero attached hydrogens (tertiary/aromatic N) is 3. The second-order valence-electron chi connectivity index (χ2n) is 6.47. The summed E-state index contributed by atoms with van der Waals surface area (Å²) >= 11 is 0. The summed E-state index contributed by atoms with van der Waals surface area (Å²) in [5.41, 5.74) is 1.37. The van der Waals surface area contributed by atoms with Crippen molar-refractivity contribution in [2.24, 2.45) is 5.92 Å². The Morgan fingerprint density at radius 1 is 1.23 bits per heavy atom. The summed E-state index contributed by atoms with van der Waals surface area (Å²) in [6.45, 7) is 5.20. The van der Waals surface area contributed by atoms with Crippen molar-refractivity contribution in [3.05, 3.63) is 42.7 Å². The summed E-state index contributed by atoms with van der Waals surface area (Å²) in [6.07, 6.45) is 12.6. The quantitative estimate of drug-likeness (QED) is 0.830. The number of hydrogen-bond donors (Lipinski definition) is 0. The van der Waals surface area contributed by atoms with Gasteiger partial charge < -0.3 is 9.30 Å². The van der Waals surface area contributed by atoms with Crippen molar-refractivity contribution in [1.82, 2.24) is 14.5 Å². The van der Waals surface area contributed by atoms with Gasteiger partial charge in [0.25, 0.3) is 0 Å². The molecule has 0 amide bonds. The molecule has 2 heterocycles. The van der Waals surface area contributed by atoms with Crippen LogP contribution in [0.2, 0.25) is 0 Å². The van der Waals surface area contributed by atoms with E-state index in [1.54, 1.807) is 12.4 Å². The zero-order chi connectivity index (χ0) is 15.4. The molecule has 1 aliphatic carbocycles. The van der Waals surface area contributed by atoms with E-state index in [0.717, 1.165) is 12.4 Å². The molecule has 118 valence electrons. The average molecular weight is 299 g/mol. The third kappa shape index (κ3) is 3.32. The Hall–Kier alpha value is -1.84. The Morgan fingerprint density at radius 3 is 2.86 bits per heavy atom. The van der Waals surface area contributed by atoms with Gasteiger partial charge in [0.2, 0.25) is 0 Å². The maximum absolute atomic E-state index is 5.98. The van der Waals surface area contributed by atoms with Crippen molar-refractivity contribution in [2.75, 3.05) is 6.61 Å².